The minimum atomic E-state index is -0.444. The van der Waals surface area contributed by atoms with Gasteiger partial charge in [-0.1, -0.05) is 0 Å². The molecule has 3 rings (SSSR count). The zero-order valence-electron chi connectivity index (χ0n) is 8.56. The monoisotopic (exact) mass is 222 g/mol. The predicted molar refractivity (Wildman–Crippen MR) is 54.3 cm³/mol. The fourth-order valence-corrected chi connectivity index (χ4v) is 2.43. The average Bonchev–Trinajstić information content (AvgIpc) is 2.78. The molecule has 0 saturated carbocycles. The Balaban J connectivity index is 1.85. The van der Waals surface area contributed by atoms with E-state index in [1.807, 2.05) is 4.90 Å². The summed E-state index contributed by atoms with van der Waals surface area (Å²) in [5.41, 5.74) is 0. The van der Waals surface area contributed by atoms with Gasteiger partial charge < -0.3 is 10.2 Å². The van der Waals surface area contributed by atoms with E-state index >= 15 is 0 Å². The summed E-state index contributed by atoms with van der Waals surface area (Å²) in [7, 11) is 0. The summed E-state index contributed by atoms with van der Waals surface area (Å²) in [6.07, 6.45) is 3.68. The number of fused-ring (bicyclic) bond motifs is 1. The zero-order chi connectivity index (χ0) is 11.1. The van der Waals surface area contributed by atoms with E-state index in [0.29, 0.717) is 12.4 Å². The molecule has 0 aliphatic carbocycles. The van der Waals surface area contributed by atoms with Crippen LogP contribution in [0.3, 0.4) is 0 Å². The van der Waals surface area contributed by atoms with Crippen LogP contribution in [0.25, 0.3) is 0 Å². The molecule has 0 unspecified atom stereocenters. The number of carbonyl (C=O) groups is 1. The third-order valence-corrected chi connectivity index (χ3v) is 3.15. The van der Waals surface area contributed by atoms with Crippen LogP contribution in [0.4, 0.5) is 10.3 Å². The SMILES string of the molecule is O=C1C[C@@H]2[C@@H](CCN2c2ncc(F)cn2)N1. The van der Waals surface area contributed by atoms with Crippen molar-refractivity contribution in [2.24, 2.45) is 0 Å². The zero-order valence-corrected chi connectivity index (χ0v) is 8.56. The normalized spacial score (nSPS) is 28.1. The van der Waals surface area contributed by atoms with Crippen LogP contribution in [0.2, 0.25) is 0 Å². The molecular formula is C10H11FN4O. The van der Waals surface area contributed by atoms with Crippen molar-refractivity contribution in [1.82, 2.24) is 15.3 Å². The lowest BCUT2D eigenvalue weighted by Gasteiger charge is -2.21. The second-order valence-corrected chi connectivity index (χ2v) is 4.13. The van der Waals surface area contributed by atoms with Gasteiger partial charge in [-0.05, 0) is 6.42 Å². The molecule has 16 heavy (non-hydrogen) atoms. The second kappa shape index (κ2) is 3.40. The number of hydrogen-bond donors (Lipinski definition) is 1. The molecule has 6 heteroatoms. The maximum absolute atomic E-state index is 12.7. The Morgan fingerprint density at radius 3 is 2.94 bits per heavy atom. The van der Waals surface area contributed by atoms with Gasteiger partial charge in [0.15, 0.2) is 5.82 Å². The minimum Gasteiger partial charge on any atom is -0.351 e. The first-order valence-corrected chi connectivity index (χ1v) is 5.27. The lowest BCUT2D eigenvalue weighted by atomic mass is 10.1. The minimum absolute atomic E-state index is 0.0711. The number of carbonyl (C=O) groups excluding carboxylic acids is 1. The van der Waals surface area contributed by atoms with Gasteiger partial charge in [-0.15, -0.1) is 0 Å². The third-order valence-electron chi connectivity index (χ3n) is 3.15. The summed E-state index contributed by atoms with van der Waals surface area (Å²) in [6, 6.07) is 0.319. The Bertz CT molecular complexity index is 421. The second-order valence-electron chi connectivity index (χ2n) is 4.13. The highest BCUT2D eigenvalue weighted by molar-refractivity contribution is 5.81. The summed E-state index contributed by atoms with van der Waals surface area (Å²) in [5.74, 6) is 0.132. The number of amides is 1. The quantitative estimate of drug-likeness (QED) is 0.731. The van der Waals surface area contributed by atoms with Gasteiger partial charge in [-0.2, -0.15) is 0 Å². The van der Waals surface area contributed by atoms with Gasteiger partial charge in [-0.3, -0.25) is 4.79 Å². The highest BCUT2D eigenvalue weighted by Gasteiger charge is 2.42. The molecule has 3 heterocycles. The highest BCUT2D eigenvalue weighted by Crippen LogP contribution is 2.28. The summed E-state index contributed by atoms with van der Waals surface area (Å²) in [6.45, 7) is 0.807. The molecule has 0 spiro atoms. The van der Waals surface area contributed by atoms with Crippen LogP contribution in [-0.4, -0.2) is 34.5 Å². The van der Waals surface area contributed by atoms with Crippen LogP contribution >= 0.6 is 0 Å². The lowest BCUT2D eigenvalue weighted by Crippen LogP contribution is -2.35. The molecule has 2 aliphatic rings. The first-order chi connectivity index (χ1) is 7.74. The van der Waals surface area contributed by atoms with Crippen molar-refractivity contribution >= 4 is 11.9 Å². The van der Waals surface area contributed by atoms with E-state index < -0.39 is 5.82 Å². The molecule has 2 saturated heterocycles. The molecule has 1 aromatic heterocycles. The van der Waals surface area contributed by atoms with Gasteiger partial charge >= 0.3 is 0 Å². The largest absolute Gasteiger partial charge is 0.351 e. The standard InChI is InChI=1S/C10H11FN4O/c11-6-4-12-10(13-5-6)15-2-1-7-8(15)3-9(16)14-7/h4-5,7-8H,1-3H2,(H,14,16)/t7-,8-/m1/s1. The molecule has 5 nitrogen and oxygen atoms in total. The number of aromatic nitrogens is 2. The summed E-state index contributed by atoms with van der Waals surface area (Å²) >= 11 is 0. The molecule has 2 atom stereocenters. The van der Waals surface area contributed by atoms with Crippen LogP contribution in [0.5, 0.6) is 0 Å². The van der Waals surface area contributed by atoms with Gasteiger partial charge in [0.05, 0.1) is 24.5 Å². The van der Waals surface area contributed by atoms with Crippen LogP contribution in [-0.2, 0) is 4.79 Å². The Labute approximate surface area is 91.7 Å². The molecule has 0 bridgehead atoms. The van der Waals surface area contributed by atoms with Gasteiger partial charge in [-0.25, -0.2) is 14.4 Å². The van der Waals surface area contributed by atoms with Crippen LogP contribution in [0.1, 0.15) is 12.8 Å². The summed E-state index contributed by atoms with van der Waals surface area (Å²) in [5, 5.41) is 2.92. The van der Waals surface area contributed by atoms with Gasteiger partial charge in [0.25, 0.3) is 0 Å². The fraction of sp³-hybridized carbons (Fsp3) is 0.500. The molecule has 2 aliphatic heterocycles. The molecule has 1 N–H and O–H groups in total. The Morgan fingerprint density at radius 1 is 1.44 bits per heavy atom. The Morgan fingerprint density at radius 2 is 2.19 bits per heavy atom. The van der Waals surface area contributed by atoms with Crippen LogP contribution < -0.4 is 10.2 Å². The van der Waals surface area contributed by atoms with E-state index in [1.54, 1.807) is 0 Å². The number of halogens is 1. The molecule has 2 fully saturated rings. The molecule has 1 aromatic rings. The molecule has 84 valence electrons. The van der Waals surface area contributed by atoms with E-state index in [2.05, 4.69) is 15.3 Å². The Hall–Kier alpha value is -1.72. The van der Waals surface area contributed by atoms with Gasteiger partial charge in [0.2, 0.25) is 11.9 Å². The smallest absolute Gasteiger partial charge is 0.225 e. The van der Waals surface area contributed by atoms with Crippen molar-refractivity contribution < 1.29 is 9.18 Å². The van der Waals surface area contributed by atoms with Gasteiger partial charge in [0.1, 0.15) is 0 Å². The first-order valence-electron chi connectivity index (χ1n) is 5.27. The first kappa shape index (κ1) is 9.50. The van der Waals surface area contributed by atoms with Crippen molar-refractivity contribution in [3.8, 4) is 0 Å². The lowest BCUT2D eigenvalue weighted by molar-refractivity contribution is -0.119. The van der Waals surface area contributed by atoms with E-state index in [9.17, 15) is 9.18 Å². The number of nitrogens with one attached hydrogen (secondary N) is 1. The van der Waals surface area contributed by atoms with Crippen molar-refractivity contribution in [3.05, 3.63) is 18.2 Å². The topological polar surface area (TPSA) is 58.1 Å². The van der Waals surface area contributed by atoms with E-state index in [-0.39, 0.29) is 18.0 Å². The fourth-order valence-electron chi connectivity index (χ4n) is 2.43. The number of hydrogen-bond acceptors (Lipinski definition) is 4. The maximum atomic E-state index is 12.7. The number of nitrogens with zero attached hydrogens (tertiary/aromatic N) is 3. The third kappa shape index (κ3) is 1.41. The van der Waals surface area contributed by atoms with Crippen LogP contribution in [0.15, 0.2) is 12.4 Å². The Kier molecular flexibility index (Phi) is 2.02. The van der Waals surface area contributed by atoms with Crippen molar-refractivity contribution in [3.63, 3.8) is 0 Å². The summed E-state index contributed by atoms with van der Waals surface area (Å²) in [4.78, 5) is 21.1. The molecule has 0 aromatic carbocycles. The van der Waals surface area contributed by atoms with Crippen molar-refractivity contribution in [2.45, 2.75) is 24.9 Å². The molecule has 1 amide bonds. The van der Waals surface area contributed by atoms with Crippen molar-refractivity contribution in [2.75, 3.05) is 11.4 Å². The van der Waals surface area contributed by atoms with E-state index in [1.165, 1.54) is 0 Å². The van der Waals surface area contributed by atoms with E-state index in [4.69, 9.17) is 0 Å². The maximum Gasteiger partial charge on any atom is 0.225 e. The van der Waals surface area contributed by atoms with Gasteiger partial charge in [0, 0.05) is 13.0 Å². The molecular weight excluding hydrogens is 211 g/mol. The number of rotatable bonds is 1. The number of anilines is 1. The molecule has 0 radical (unpaired) electrons. The predicted octanol–water partition coefficient (Wildman–Crippen LogP) is 0.0829. The van der Waals surface area contributed by atoms with E-state index in [0.717, 1.165) is 25.4 Å². The summed E-state index contributed by atoms with van der Waals surface area (Å²) < 4.78 is 12.7. The average molecular weight is 222 g/mol. The highest BCUT2D eigenvalue weighted by atomic mass is 19.1. The van der Waals surface area contributed by atoms with Crippen molar-refractivity contribution in [1.29, 1.82) is 0 Å². The van der Waals surface area contributed by atoms with Crippen LogP contribution in [0, 0.1) is 5.82 Å².